The lowest BCUT2D eigenvalue weighted by Gasteiger charge is -2.31. The number of nitro groups is 1. The first kappa shape index (κ1) is 13.3. The second-order valence-electron chi connectivity index (χ2n) is 5.38. The fourth-order valence-corrected chi connectivity index (χ4v) is 2.66. The molecule has 0 amide bonds. The van der Waals surface area contributed by atoms with E-state index in [0.717, 1.165) is 18.7 Å². The average molecular weight is 269 g/mol. The third kappa shape index (κ3) is 2.65. The summed E-state index contributed by atoms with van der Waals surface area (Å²) in [5.74, 6) is 0. The number of hydrogen-bond acceptors (Lipinski definition) is 3. The summed E-state index contributed by atoms with van der Waals surface area (Å²) in [6.45, 7) is 6.21. The molecule has 0 radical (unpaired) electrons. The van der Waals surface area contributed by atoms with Gasteiger partial charge in [0.15, 0.2) is 0 Å². The Balaban J connectivity index is 2.20. The van der Waals surface area contributed by atoms with E-state index in [-0.39, 0.29) is 16.2 Å². The Kier molecular flexibility index (Phi) is 3.59. The normalized spacial score (nSPS) is 19.1. The second-order valence-corrected chi connectivity index (χ2v) is 5.79. The number of hydrogen-bond donors (Lipinski definition) is 0. The fourth-order valence-electron chi connectivity index (χ4n) is 2.47. The smallest absolute Gasteiger partial charge is 0.288 e. The largest absolute Gasteiger partial charge is 0.294 e. The van der Waals surface area contributed by atoms with Crippen LogP contribution in [-0.4, -0.2) is 21.9 Å². The molecule has 4 nitrogen and oxygen atoms in total. The van der Waals surface area contributed by atoms with Gasteiger partial charge in [-0.05, 0) is 44.9 Å². The van der Waals surface area contributed by atoms with Crippen LogP contribution in [0.5, 0.6) is 0 Å². The molecule has 0 atom stereocenters. The van der Waals surface area contributed by atoms with Crippen LogP contribution in [0, 0.1) is 10.1 Å². The first-order valence-corrected chi connectivity index (χ1v) is 6.46. The Morgan fingerprint density at radius 2 is 2.22 bits per heavy atom. The Bertz CT molecular complexity index is 474. The molecule has 0 spiro atoms. The minimum Gasteiger partial charge on any atom is -0.294 e. The van der Waals surface area contributed by atoms with Gasteiger partial charge in [0.05, 0.1) is 4.92 Å². The van der Waals surface area contributed by atoms with Crippen molar-refractivity contribution in [3.05, 3.63) is 38.9 Å². The van der Waals surface area contributed by atoms with E-state index in [4.69, 9.17) is 11.6 Å². The van der Waals surface area contributed by atoms with E-state index in [1.165, 1.54) is 12.8 Å². The minimum atomic E-state index is -0.430. The van der Waals surface area contributed by atoms with Crippen LogP contribution in [-0.2, 0) is 6.54 Å². The maximum absolute atomic E-state index is 10.8. The highest BCUT2D eigenvalue weighted by atomic mass is 35.5. The molecular weight excluding hydrogens is 252 g/mol. The zero-order chi connectivity index (χ0) is 13.3. The molecule has 18 heavy (non-hydrogen) atoms. The molecule has 0 bridgehead atoms. The van der Waals surface area contributed by atoms with Crippen molar-refractivity contribution in [2.24, 2.45) is 0 Å². The van der Waals surface area contributed by atoms with Crippen molar-refractivity contribution in [3.8, 4) is 0 Å². The number of halogens is 1. The molecule has 1 aliphatic heterocycles. The minimum absolute atomic E-state index is 0.00818. The Hall–Kier alpha value is -1.13. The quantitative estimate of drug-likeness (QED) is 0.621. The van der Waals surface area contributed by atoms with Crippen LogP contribution >= 0.6 is 11.6 Å². The van der Waals surface area contributed by atoms with Crippen molar-refractivity contribution in [2.75, 3.05) is 6.54 Å². The van der Waals surface area contributed by atoms with Gasteiger partial charge in [-0.2, -0.15) is 0 Å². The predicted molar refractivity (Wildman–Crippen MR) is 71.8 cm³/mol. The molecule has 1 saturated heterocycles. The highest BCUT2D eigenvalue weighted by Gasteiger charge is 2.31. The molecule has 1 aromatic rings. The van der Waals surface area contributed by atoms with Crippen LogP contribution in [0.2, 0.25) is 5.02 Å². The number of benzene rings is 1. The maximum Gasteiger partial charge on any atom is 0.288 e. The van der Waals surface area contributed by atoms with Crippen LogP contribution in [0.1, 0.15) is 32.3 Å². The van der Waals surface area contributed by atoms with Gasteiger partial charge < -0.3 is 0 Å². The Morgan fingerprint density at radius 1 is 1.50 bits per heavy atom. The first-order valence-electron chi connectivity index (χ1n) is 6.08. The number of rotatable bonds is 3. The van der Waals surface area contributed by atoms with Gasteiger partial charge in [-0.25, -0.2) is 0 Å². The summed E-state index contributed by atoms with van der Waals surface area (Å²) in [6, 6.07) is 5.05. The van der Waals surface area contributed by atoms with E-state index in [9.17, 15) is 10.1 Å². The second kappa shape index (κ2) is 4.86. The van der Waals surface area contributed by atoms with Crippen molar-refractivity contribution < 1.29 is 4.92 Å². The molecule has 1 aromatic carbocycles. The van der Waals surface area contributed by atoms with Crippen molar-refractivity contribution in [3.63, 3.8) is 0 Å². The van der Waals surface area contributed by atoms with Gasteiger partial charge in [0.1, 0.15) is 5.02 Å². The van der Waals surface area contributed by atoms with Crippen LogP contribution < -0.4 is 0 Å². The highest BCUT2D eigenvalue weighted by molar-refractivity contribution is 6.32. The molecule has 0 aliphatic carbocycles. The summed E-state index contributed by atoms with van der Waals surface area (Å²) in [7, 11) is 0. The fraction of sp³-hybridized carbons (Fsp3) is 0.538. The highest BCUT2D eigenvalue weighted by Crippen LogP contribution is 2.31. The molecule has 1 aliphatic rings. The van der Waals surface area contributed by atoms with Gasteiger partial charge in [0, 0.05) is 18.2 Å². The molecule has 0 N–H and O–H groups in total. The summed E-state index contributed by atoms with van der Waals surface area (Å²) in [6.07, 6.45) is 2.35. The van der Waals surface area contributed by atoms with Crippen LogP contribution in [0.3, 0.4) is 0 Å². The van der Waals surface area contributed by atoms with Crippen molar-refractivity contribution in [2.45, 2.75) is 38.8 Å². The van der Waals surface area contributed by atoms with E-state index in [2.05, 4.69) is 18.7 Å². The Morgan fingerprint density at radius 3 is 2.78 bits per heavy atom. The van der Waals surface area contributed by atoms with Gasteiger partial charge in [-0.15, -0.1) is 0 Å². The third-order valence-electron chi connectivity index (χ3n) is 3.65. The topological polar surface area (TPSA) is 46.4 Å². The van der Waals surface area contributed by atoms with Gasteiger partial charge in [-0.3, -0.25) is 15.0 Å². The lowest BCUT2D eigenvalue weighted by molar-refractivity contribution is -0.384. The zero-order valence-corrected chi connectivity index (χ0v) is 11.4. The first-order chi connectivity index (χ1) is 8.40. The number of nitrogens with zero attached hydrogens (tertiary/aromatic N) is 2. The van der Waals surface area contributed by atoms with Crippen molar-refractivity contribution >= 4 is 17.3 Å². The monoisotopic (exact) mass is 268 g/mol. The Labute approximate surface area is 112 Å². The number of likely N-dealkylation sites (tertiary alicyclic amines) is 1. The van der Waals surface area contributed by atoms with E-state index < -0.39 is 4.92 Å². The van der Waals surface area contributed by atoms with E-state index in [0.29, 0.717) is 0 Å². The van der Waals surface area contributed by atoms with E-state index in [1.807, 2.05) is 6.07 Å². The van der Waals surface area contributed by atoms with Crippen LogP contribution in [0.4, 0.5) is 5.69 Å². The molecule has 0 unspecified atom stereocenters. The van der Waals surface area contributed by atoms with Crippen molar-refractivity contribution in [1.82, 2.24) is 4.90 Å². The molecule has 98 valence electrons. The number of nitro benzene ring substituents is 1. The van der Waals surface area contributed by atoms with Crippen LogP contribution in [0.25, 0.3) is 0 Å². The molecule has 0 saturated carbocycles. The molecule has 1 heterocycles. The van der Waals surface area contributed by atoms with Gasteiger partial charge in [-0.1, -0.05) is 17.7 Å². The summed E-state index contributed by atoms with van der Waals surface area (Å²) >= 11 is 5.81. The third-order valence-corrected chi connectivity index (χ3v) is 3.97. The van der Waals surface area contributed by atoms with Crippen LogP contribution in [0.15, 0.2) is 18.2 Å². The summed E-state index contributed by atoms with van der Waals surface area (Å²) in [5, 5.41) is 11.0. The predicted octanol–water partition coefficient (Wildman–Crippen LogP) is 3.62. The van der Waals surface area contributed by atoms with E-state index >= 15 is 0 Å². The molecule has 2 rings (SSSR count). The average Bonchev–Trinajstić information content (AvgIpc) is 2.60. The SMILES string of the molecule is CC1(C)CCCN1Cc1ccc(Cl)c([N+](=O)[O-])c1. The lowest BCUT2D eigenvalue weighted by atomic mass is 10.0. The van der Waals surface area contributed by atoms with E-state index in [1.54, 1.807) is 12.1 Å². The standard InChI is InChI=1S/C13H17ClN2O2/c1-13(2)6-3-7-15(13)9-10-4-5-11(14)12(8-10)16(17)18/h4-5,8H,3,6-7,9H2,1-2H3. The van der Waals surface area contributed by atoms with Gasteiger partial charge in [0.2, 0.25) is 0 Å². The maximum atomic E-state index is 10.8. The summed E-state index contributed by atoms with van der Waals surface area (Å²) in [4.78, 5) is 12.8. The summed E-state index contributed by atoms with van der Waals surface area (Å²) < 4.78 is 0. The van der Waals surface area contributed by atoms with Gasteiger partial charge >= 0.3 is 0 Å². The van der Waals surface area contributed by atoms with Crippen molar-refractivity contribution in [1.29, 1.82) is 0 Å². The lowest BCUT2D eigenvalue weighted by Crippen LogP contribution is -2.37. The van der Waals surface area contributed by atoms with Gasteiger partial charge in [0.25, 0.3) is 5.69 Å². The summed E-state index contributed by atoms with van der Waals surface area (Å²) in [5.41, 5.74) is 1.11. The molecule has 1 fully saturated rings. The molecule has 0 aromatic heterocycles. The zero-order valence-electron chi connectivity index (χ0n) is 10.6. The molecular formula is C13H17ClN2O2. The molecule has 5 heteroatoms.